The van der Waals surface area contributed by atoms with Crippen molar-refractivity contribution in [2.75, 3.05) is 13.1 Å². The molecule has 33 heavy (non-hydrogen) atoms. The lowest BCUT2D eigenvalue weighted by Crippen LogP contribution is -2.28. The number of benzene rings is 2. The zero-order valence-electron chi connectivity index (χ0n) is 18.8. The molecule has 4 aromatic rings. The molecule has 6 heteroatoms. The molecule has 2 atom stereocenters. The van der Waals surface area contributed by atoms with Crippen LogP contribution in [0, 0.1) is 0 Å². The summed E-state index contributed by atoms with van der Waals surface area (Å²) in [5.41, 5.74) is 3.56. The SMILES string of the molecule is CC1(C)OC(CN=Cc2ccc3ccccc3n2)C(CN=Cc2ccc3ccccc3n2)O1. The summed E-state index contributed by atoms with van der Waals surface area (Å²) in [6.07, 6.45) is 3.22. The van der Waals surface area contributed by atoms with Gasteiger partial charge in [0.05, 0.1) is 35.5 Å². The van der Waals surface area contributed by atoms with Gasteiger partial charge in [0.25, 0.3) is 0 Å². The molecule has 0 amide bonds. The average molecular weight is 439 g/mol. The van der Waals surface area contributed by atoms with E-state index >= 15 is 0 Å². The van der Waals surface area contributed by atoms with Crippen LogP contribution in [0.2, 0.25) is 0 Å². The van der Waals surface area contributed by atoms with Crippen LogP contribution in [0.15, 0.2) is 82.8 Å². The zero-order valence-corrected chi connectivity index (χ0v) is 18.8. The highest BCUT2D eigenvalue weighted by atomic mass is 16.8. The summed E-state index contributed by atoms with van der Waals surface area (Å²) in [5, 5.41) is 2.23. The smallest absolute Gasteiger partial charge is 0.163 e. The number of rotatable bonds is 6. The molecule has 1 aliphatic rings. The van der Waals surface area contributed by atoms with E-state index in [-0.39, 0.29) is 12.2 Å². The maximum Gasteiger partial charge on any atom is 0.163 e. The minimum atomic E-state index is -0.664. The first kappa shape index (κ1) is 21.4. The largest absolute Gasteiger partial charge is 0.343 e. The van der Waals surface area contributed by atoms with Gasteiger partial charge < -0.3 is 9.47 Å². The summed E-state index contributed by atoms with van der Waals surface area (Å²) in [4.78, 5) is 18.5. The van der Waals surface area contributed by atoms with Crippen LogP contribution < -0.4 is 0 Å². The number of ether oxygens (including phenoxy) is 2. The van der Waals surface area contributed by atoms with Crippen LogP contribution in [0.4, 0.5) is 0 Å². The lowest BCUT2D eigenvalue weighted by atomic mass is 10.2. The first-order chi connectivity index (χ1) is 16.1. The lowest BCUT2D eigenvalue weighted by Gasteiger charge is -2.16. The van der Waals surface area contributed by atoms with E-state index in [1.165, 1.54) is 0 Å². The van der Waals surface area contributed by atoms with Gasteiger partial charge in [0.2, 0.25) is 0 Å². The Kier molecular flexibility index (Phi) is 5.94. The maximum atomic E-state index is 6.08. The number of pyridine rings is 2. The van der Waals surface area contributed by atoms with Crippen molar-refractivity contribution >= 4 is 34.2 Å². The van der Waals surface area contributed by atoms with Gasteiger partial charge in [0.15, 0.2) is 5.79 Å². The van der Waals surface area contributed by atoms with E-state index in [2.05, 4.69) is 32.1 Å². The van der Waals surface area contributed by atoms with Crippen LogP contribution in [-0.2, 0) is 9.47 Å². The Labute approximate surface area is 193 Å². The molecule has 3 heterocycles. The standard InChI is InChI=1S/C27H26N4O2/c1-27(2)32-25(17-28-15-21-13-11-19-7-3-5-9-23(19)30-21)26(33-27)18-29-16-22-14-12-20-8-4-6-10-24(20)31-22/h3-16,25-26H,17-18H2,1-2H3. The minimum Gasteiger partial charge on any atom is -0.343 e. The lowest BCUT2D eigenvalue weighted by molar-refractivity contribution is -0.144. The molecule has 1 saturated heterocycles. The Morgan fingerprint density at radius 1 is 0.697 bits per heavy atom. The van der Waals surface area contributed by atoms with Crippen molar-refractivity contribution in [2.45, 2.75) is 31.8 Å². The molecule has 0 N–H and O–H groups in total. The number of aliphatic imine (C=N–C) groups is 2. The molecule has 5 rings (SSSR count). The van der Waals surface area contributed by atoms with Crippen LogP contribution in [-0.4, -0.2) is 53.5 Å². The predicted octanol–water partition coefficient (Wildman–Crippen LogP) is 4.84. The fourth-order valence-corrected chi connectivity index (χ4v) is 4.03. The van der Waals surface area contributed by atoms with Crippen molar-refractivity contribution in [1.82, 2.24) is 9.97 Å². The van der Waals surface area contributed by atoms with Gasteiger partial charge >= 0.3 is 0 Å². The second-order valence-corrected chi connectivity index (χ2v) is 8.56. The third-order valence-corrected chi connectivity index (χ3v) is 5.54. The number of para-hydroxylation sites is 2. The van der Waals surface area contributed by atoms with Gasteiger partial charge in [-0.1, -0.05) is 48.5 Å². The molecule has 0 aliphatic carbocycles. The van der Waals surface area contributed by atoms with Gasteiger partial charge in [0, 0.05) is 23.2 Å². The van der Waals surface area contributed by atoms with Crippen molar-refractivity contribution < 1.29 is 9.47 Å². The first-order valence-corrected chi connectivity index (χ1v) is 11.1. The second kappa shape index (κ2) is 9.17. The molecule has 0 saturated carbocycles. The van der Waals surface area contributed by atoms with E-state index in [0.29, 0.717) is 13.1 Å². The topological polar surface area (TPSA) is 69.0 Å². The zero-order chi connectivity index (χ0) is 22.7. The highest BCUT2D eigenvalue weighted by Gasteiger charge is 2.40. The van der Waals surface area contributed by atoms with E-state index in [0.717, 1.165) is 33.2 Å². The molecule has 6 nitrogen and oxygen atoms in total. The summed E-state index contributed by atoms with van der Waals surface area (Å²) in [5.74, 6) is -0.664. The fourth-order valence-electron chi connectivity index (χ4n) is 4.03. The summed E-state index contributed by atoms with van der Waals surface area (Å²) < 4.78 is 12.2. The Morgan fingerprint density at radius 3 is 1.64 bits per heavy atom. The number of hydrogen-bond acceptors (Lipinski definition) is 6. The third-order valence-electron chi connectivity index (χ3n) is 5.54. The van der Waals surface area contributed by atoms with Crippen molar-refractivity contribution in [1.29, 1.82) is 0 Å². The molecule has 2 aromatic carbocycles. The monoisotopic (exact) mass is 438 g/mol. The molecule has 0 radical (unpaired) electrons. The molecule has 0 spiro atoms. The van der Waals surface area contributed by atoms with Gasteiger partial charge in [-0.2, -0.15) is 0 Å². The average Bonchev–Trinajstić information content (AvgIpc) is 3.12. The van der Waals surface area contributed by atoms with Crippen molar-refractivity contribution in [3.63, 3.8) is 0 Å². The number of aromatic nitrogens is 2. The van der Waals surface area contributed by atoms with Crippen LogP contribution in [0.5, 0.6) is 0 Å². The molecule has 166 valence electrons. The molecule has 2 aromatic heterocycles. The van der Waals surface area contributed by atoms with Crippen molar-refractivity contribution in [3.05, 3.63) is 84.2 Å². The summed E-state index contributed by atoms with van der Waals surface area (Å²) >= 11 is 0. The molecular weight excluding hydrogens is 412 g/mol. The first-order valence-electron chi connectivity index (χ1n) is 11.1. The van der Waals surface area contributed by atoms with Gasteiger partial charge in [-0.3, -0.25) is 9.98 Å². The van der Waals surface area contributed by atoms with Gasteiger partial charge in [-0.25, -0.2) is 9.97 Å². The maximum absolute atomic E-state index is 6.08. The second-order valence-electron chi connectivity index (χ2n) is 8.56. The minimum absolute atomic E-state index is 0.182. The van der Waals surface area contributed by atoms with E-state index in [1.54, 1.807) is 12.4 Å². The van der Waals surface area contributed by atoms with Crippen molar-refractivity contribution in [2.24, 2.45) is 9.98 Å². The third kappa shape index (κ3) is 5.13. The van der Waals surface area contributed by atoms with E-state index in [4.69, 9.17) is 9.47 Å². The van der Waals surface area contributed by atoms with Gasteiger partial charge in [0.1, 0.15) is 12.2 Å². The van der Waals surface area contributed by atoms with Crippen LogP contribution in [0.3, 0.4) is 0 Å². The summed E-state index contributed by atoms with van der Waals surface area (Å²) in [6.45, 7) is 4.80. The van der Waals surface area contributed by atoms with E-state index < -0.39 is 5.79 Å². The Bertz CT molecular complexity index is 1230. The van der Waals surface area contributed by atoms with E-state index in [9.17, 15) is 0 Å². The van der Waals surface area contributed by atoms with Crippen LogP contribution >= 0.6 is 0 Å². The predicted molar refractivity (Wildman–Crippen MR) is 132 cm³/mol. The number of hydrogen-bond donors (Lipinski definition) is 0. The van der Waals surface area contributed by atoms with Gasteiger partial charge in [-0.05, 0) is 38.1 Å². The van der Waals surface area contributed by atoms with Gasteiger partial charge in [-0.15, -0.1) is 0 Å². The Morgan fingerprint density at radius 2 is 1.15 bits per heavy atom. The molecule has 1 aliphatic heterocycles. The highest BCUT2D eigenvalue weighted by molar-refractivity contribution is 5.85. The number of fused-ring (bicyclic) bond motifs is 2. The summed E-state index contributed by atoms with van der Waals surface area (Å²) in [7, 11) is 0. The van der Waals surface area contributed by atoms with E-state index in [1.807, 2.05) is 74.5 Å². The molecular formula is C27H26N4O2. The molecule has 0 bridgehead atoms. The molecule has 2 unspecified atom stereocenters. The number of nitrogens with zero attached hydrogens (tertiary/aromatic N) is 4. The Hall–Kier alpha value is -3.48. The highest BCUT2D eigenvalue weighted by Crippen LogP contribution is 2.28. The quantitative estimate of drug-likeness (QED) is 0.404. The van der Waals surface area contributed by atoms with Crippen LogP contribution in [0.25, 0.3) is 21.8 Å². The molecule has 1 fully saturated rings. The normalized spacial score (nSPS) is 20.4. The van der Waals surface area contributed by atoms with Crippen LogP contribution in [0.1, 0.15) is 25.2 Å². The Balaban J connectivity index is 1.24. The van der Waals surface area contributed by atoms with Crippen molar-refractivity contribution in [3.8, 4) is 0 Å². The fraction of sp³-hybridized carbons (Fsp3) is 0.259. The summed E-state index contributed by atoms with van der Waals surface area (Å²) in [6, 6.07) is 24.2.